The summed E-state index contributed by atoms with van der Waals surface area (Å²) in [6, 6.07) is 10.8. The number of Topliss-reactive ketones (excluding diaryl/α,β-unsaturated/α-hetero) is 1. The lowest BCUT2D eigenvalue weighted by atomic mass is 10.0. The van der Waals surface area contributed by atoms with Gasteiger partial charge in [0.05, 0.1) is 6.66 Å². The molecule has 0 bridgehead atoms. The zero-order valence-electron chi connectivity index (χ0n) is 16.4. The lowest BCUT2D eigenvalue weighted by Crippen LogP contribution is -2.17. The quantitative estimate of drug-likeness (QED) is 0.575. The number of hydrogen-bond acceptors (Lipinski definition) is 1. The smallest absolute Gasteiger partial charge is 0.159 e. The van der Waals surface area contributed by atoms with Gasteiger partial charge < -0.3 is 0 Å². The second-order valence-electron chi connectivity index (χ2n) is 7.22. The Hall–Kier alpha value is -1.72. The molecular weight excluding hydrogens is 335 g/mol. The second-order valence-corrected chi connectivity index (χ2v) is 10.7. The predicted molar refractivity (Wildman–Crippen MR) is 115 cm³/mol. The van der Waals surface area contributed by atoms with Crippen molar-refractivity contribution in [1.29, 1.82) is 0 Å². The molecule has 3 unspecified atom stereocenters. The van der Waals surface area contributed by atoms with Gasteiger partial charge in [-0.15, -0.1) is 0 Å². The monoisotopic (exact) mass is 365 g/mol. The van der Waals surface area contributed by atoms with E-state index in [1.54, 1.807) is 6.92 Å². The molecule has 2 heteroatoms. The number of benzene rings is 1. The third-order valence-corrected chi connectivity index (χ3v) is 9.68. The van der Waals surface area contributed by atoms with Gasteiger partial charge in [-0.05, 0) is 68.4 Å². The Morgan fingerprint density at radius 2 is 1.81 bits per heavy atom. The number of carbonyl (C=O) groups excluding carboxylic acids is 1. The number of allylic oxidation sites excluding steroid dienone is 8. The summed E-state index contributed by atoms with van der Waals surface area (Å²) in [5, 5.41) is 4.12. The van der Waals surface area contributed by atoms with E-state index in [1.165, 1.54) is 22.4 Å². The average molecular weight is 365 g/mol. The van der Waals surface area contributed by atoms with Gasteiger partial charge in [0.15, 0.2) is 5.78 Å². The molecule has 0 heterocycles. The van der Waals surface area contributed by atoms with Crippen LogP contribution in [0.3, 0.4) is 0 Å². The molecular formula is C24H30OP+. The average Bonchev–Trinajstić information content (AvgIpc) is 3.48. The summed E-state index contributed by atoms with van der Waals surface area (Å²) in [6.07, 6.45) is 14.9. The molecule has 0 amide bonds. The van der Waals surface area contributed by atoms with Crippen LogP contribution in [0.15, 0.2) is 76.9 Å². The number of rotatable bonds is 4. The van der Waals surface area contributed by atoms with Gasteiger partial charge in [0.1, 0.15) is 23.2 Å². The fourth-order valence-corrected chi connectivity index (χ4v) is 7.73. The van der Waals surface area contributed by atoms with Crippen LogP contribution in [0.1, 0.15) is 40.0 Å². The highest BCUT2D eigenvalue weighted by molar-refractivity contribution is 7.90. The van der Waals surface area contributed by atoms with Crippen molar-refractivity contribution < 1.29 is 4.79 Å². The number of hydrogen-bond donors (Lipinski definition) is 0. The lowest BCUT2D eigenvalue weighted by Gasteiger charge is -2.29. The van der Waals surface area contributed by atoms with Crippen molar-refractivity contribution in [3.05, 3.63) is 76.9 Å². The first kappa shape index (κ1) is 19.1. The molecule has 3 aliphatic rings. The SMILES string of the molecule is CC.CC(=O)C1=C([P+](C)(C2=CC3CC3C=C2)c2ccccc2)C=CCC1. The van der Waals surface area contributed by atoms with Gasteiger partial charge in [-0.3, -0.25) is 4.79 Å². The predicted octanol–water partition coefficient (Wildman–Crippen LogP) is 6.27. The molecule has 4 rings (SSSR count). The van der Waals surface area contributed by atoms with Crippen molar-refractivity contribution in [2.75, 3.05) is 6.66 Å². The molecule has 1 nitrogen and oxygen atoms in total. The van der Waals surface area contributed by atoms with Crippen LogP contribution in [0.2, 0.25) is 0 Å². The van der Waals surface area contributed by atoms with E-state index in [4.69, 9.17) is 0 Å². The molecule has 0 aromatic heterocycles. The van der Waals surface area contributed by atoms with Crippen molar-refractivity contribution in [2.45, 2.75) is 40.0 Å². The molecule has 1 fully saturated rings. The Kier molecular flexibility index (Phi) is 5.78. The second kappa shape index (κ2) is 7.89. The summed E-state index contributed by atoms with van der Waals surface area (Å²) < 4.78 is 0. The minimum absolute atomic E-state index is 0.237. The van der Waals surface area contributed by atoms with Crippen LogP contribution in [0.5, 0.6) is 0 Å². The minimum Gasteiger partial charge on any atom is -0.295 e. The molecule has 0 saturated heterocycles. The molecule has 1 aromatic carbocycles. The summed E-state index contributed by atoms with van der Waals surface area (Å²) in [6.45, 7) is 8.13. The fraction of sp³-hybridized carbons (Fsp3) is 0.375. The van der Waals surface area contributed by atoms with Gasteiger partial charge in [-0.1, -0.05) is 44.2 Å². The Morgan fingerprint density at radius 1 is 1.08 bits per heavy atom. The molecule has 3 aliphatic carbocycles. The molecule has 3 atom stereocenters. The number of carbonyl (C=O) groups is 1. The molecule has 0 radical (unpaired) electrons. The van der Waals surface area contributed by atoms with Gasteiger partial charge in [0.25, 0.3) is 0 Å². The van der Waals surface area contributed by atoms with E-state index < -0.39 is 7.26 Å². The van der Waals surface area contributed by atoms with E-state index in [-0.39, 0.29) is 5.78 Å². The van der Waals surface area contributed by atoms with E-state index in [2.05, 4.69) is 67.4 Å². The first-order chi connectivity index (χ1) is 12.6. The Labute approximate surface area is 158 Å². The van der Waals surface area contributed by atoms with E-state index in [1.807, 2.05) is 13.8 Å². The van der Waals surface area contributed by atoms with Crippen LogP contribution in [0, 0.1) is 11.8 Å². The van der Waals surface area contributed by atoms with Crippen LogP contribution in [-0.4, -0.2) is 12.4 Å². The lowest BCUT2D eigenvalue weighted by molar-refractivity contribution is -0.113. The highest BCUT2D eigenvalue weighted by Gasteiger charge is 2.48. The van der Waals surface area contributed by atoms with Crippen molar-refractivity contribution in [3.63, 3.8) is 0 Å². The van der Waals surface area contributed by atoms with Crippen LogP contribution in [-0.2, 0) is 4.79 Å². The Morgan fingerprint density at radius 3 is 2.46 bits per heavy atom. The molecule has 0 N–H and O–H groups in total. The third kappa shape index (κ3) is 3.42. The summed E-state index contributed by atoms with van der Waals surface area (Å²) in [5.74, 6) is 1.73. The van der Waals surface area contributed by atoms with Crippen molar-refractivity contribution in [3.8, 4) is 0 Å². The maximum atomic E-state index is 12.3. The van der Waals surface area contributed by atoms with Crippen molar-refractivity contribution >= 4 is 18.4 Å². The standard InChI is InChI=1S/C22H24OP.C2H6/c1-16(23)21-10-6-7-11-22(21)24(2,19-8-4-3-5-9-19)20-13-12-17-14-18(17)15-20;1-2/h3-5,7-9,11-13,15,17-18H,6,10,14H2,1-2H3;1-2H3/q+1;. The first-order valence-corrected chi connectivity index (χ1v) is 12.1. The molecule has 0 spiro atoms. The first-order valence-electron chi connectivity index (χ1n) is 9.84. The Balaban J connectivity index is 0.000000948. The van der Waals surface area contributed by atoms with Crippen LogP contribution >= 0.6 is 7.26 Å². The van der Waals surface area contributed by atoms with Gasteiger partial charge in [0.2, 0.25) is 0 Å². The van der Waals surface area contributed by atoms with E-state index >= 15 is 0 Å². The van der Waals surface area contributed by atoms with Crippen LogP contribution in [0.4, 0.5) is 0 Å². The van der Waals surface area contributed by atoms with E-state index in [0.29, 0.717) is 0 Å². The number of ketones is 1. The number of fused-ring (bicyclic) bond motifs is 1. The third-order valence-electron chi connectivity index (χ3n) is 5.63. The maximum absolute atomic E-state index is 12.3. The molecule has 136 valence electrons. The highest BCUT2D eigenvalue weighted by Crippen LogP contribution is 2.71. The van der Waals surface area contributed by atoms with Crippen LogP contribution < -0.4 is 5.30 Å². The van der Waals surface area contributed by atoms with Gasteiger partial charge in [0, 0.05) is 5.57 Å². The summed E-state index contributed by atoms with van der Waals surface area (Å²) >= 11 is 0. The van der Waals surface area contributed by atoms with E-state index in [9.17, 15) is 4.79 Å². The zero-order valence-corrected chi connectivity index (χ0v) is 17.3. The maximum Gasteiger partial charge on any atom is 0.159 e. The van der Waals surface area contributed by atoms with E-state index in [0.717, 1.165) is 30.3 Å². The zero-order chi connectivity index (χ0) is 18.7. The molecule has 1 aromatic rings. The minimum atomic E-state index is -1.75. The largest absolute Gasteiger partial charge is 0.295 e. The fourth-order valence-electron chi connectivity index (χ4n) is 4.02. The van der Waals surface area contributed by atoms with Gasteiger partial charge in [-0.25, -0.2) is 0 Å². The van der Waals surface area contributed by atoms with Crippen molar-refractivity contribution in [2.24, 2.45) is 11.8 Å². The molecule has 0 aliphatic heterocycles. The van der Waals surface area contributed by atoms with Gasteiger partial charge in [-0.2, -0.15) is 0 Å². The van der Waals surface area contributed by atoms with Crippen LogP contribution in [0.25, 0.3) is 0 Å². The highest BCUT2D eigenvalue weighted by atomic mass is 31.2. The topological polar surface area (TPSA) is 17.1 Å². The normalized spacial score (nSPS) is 25.5. The summed E-state index contributed by atoms with van der Waals surface area (Å²) in [7, 11) is -1.75. The van der Waals surface area contributed by atoms with Crippen molar-refractivity contribution in [1.82, 2.24) is 0 Å². The molecule has 26 heavy (non-hydrogen) atoms. The van der Waals surface area contributed by atoms with Gasteiger partial charge >= 0.3 is 0 Å². The molecule has 1 saturated carbocycles. The Bertz CT molecular complexity index is 797. The summed E-state index contributed by atoms with van der Waals surface area (Å²) in [5.41, 5.74) is 1.05. The summed E-state index contributed by atoms with van der Waals surface area (Å²) in [4.78, 5) is 12.3.